The Morgan fingerprint density at radius 3 is 2.62 bits per heavy atom. The first-order chi connectivity index (χ1) is 11.4. The Labute approximate surface area is 134 Å². The second kappa shape index (κ2) is 6.41. The van der Waals surface area contributed by atoms with Crippen LogP contribution in [0.4, 0.5) is 11.4 Å². The summed E-state index contributed by atoms with van der Waals surface area (Å²) in [6.07, 6.45) is 2.21. The Bertz CT molecular complexity index is 899. The van der Waals surface area contributed by atoms with Gasteiger partial charge in [0.05, 0.1) is 5.69 Å². The number of rotatable bonds is 4. The van der Waals surface area contributed by atoms with Crippen molar-refractivity contribution in [3.8, 4) is 11.8 Å². The number of carboxylic acid groups (broad SMARTS) is 1. The van der Waals surface area contributed by atoms with E-state index >= 15 is 0 Å². The van der Waals surface area contributed by atoms with Crippen LogP contribution in [0, 0.1) is 16.2 Å². The molecule has 0 unspecified atom stereocenters. The van der Waals surface area contributed by atoms with E-state index in [0.29, 0.717) is 4.68 Å². The van der Waals surface area contributed by atoms with Crippen LogP contribution in [0.2, 0.25) is 0 Å². The molecule has 0 amide bonds. The molecule has 24 heavy (non-hydrogen) atoms. The van der Waals surface area contributed by atoms with Crippen molar-refractivity contribution in [3.63, 3.8) is 0 Å². The zero-order valence-electron chi connectivity index (χ0n) is 11.9. The van der Waals surface area contributed by atoms with Crippen LogP contribution in [-0.2, 0) is 0 Å². The monoisotopic (exact) mass is 327 g/mol. The average Bonchev–Trinajstić information content (AvgIpc) is 3.02. The highest BCUT2D eigenvalue weighted by Gasteiger charge is 2.16. The molecule has 0 spiro atoms. The number of phenolic OH excluding ortho intramolecular Hbond substituents is 1. The molecule has 0 saturated carbocycles. The van der Waals surface area contributed by atoms with Crippen LogP contribution in [-0.4, -0.2) is 31.9 Å². The van der Waals surface area contributed by atoms with E-state index in [1.54, 1.807) is 6.07 Å². The van der Waals surface area contributed by atoms with Gasteiger partial charge in [0, 0.05) is 6.20 Å². The SMILES string of the molecule is N#C/C(=C\c1cc(N)c(N=O)c(O)c1)C(=O)n1ccc(C(=O)O)n1. The fourth-order valence-electron chi connectivity index (χ4n) is 1.83. The largest absolute Gasteiger partial charge is 0.505 e. The first-order valence-electron chi connectivity index (χ1n) is 6.28. The summed E-state index contributed by atoms with van der Waals surface area (Å²) in [7, 11) is 0. The first kappa shape index (κ1) is 16.4. The number of aromatic hydroxyl groups is 1. The first-order valence-corrected chi connectivity index (χ1v) is 6.28. The molecule has 120 valence electrons. The number of phenols is 1. The van der Waals surface area contributed by atoms with E-state index in [-0.39, 0.29) is 28.2 Å². The van der Waals surface area contributed by atoms with Crippen molar-refractivity contribution in [1.29, 1.82) is 5.26 Å². The number of nitrogen functional groups attached to an aromatic ring is 1. The molecule has 1 heterocycles. The van der Waals surface area contributed by atoms with Crippen LogP contribution in [0.5, 0.6) is 5.75 Å². The second-order valence-electron chi connectivity index (χ2n) is 4.49. The molecule has 10 heteroatoms. The summed E-state index contributed by atoms with van der Waals surface area (Å²) in [4.78, 5) is 33.4. The number of aromatic carboxylic acids is 1. The Kier molecular flexibility index (Phi) is 4.37. The average molecular weight is 327 g/mol. The van der Waals surface area contributed by atoms with E-state index in [2.05, 4.69) is 10.3 Å². The lowest BCUT2D eigenvalue weighted by atomic mass is 10.1. The minimum absolute atomic E-state index is 0.131. The van der Waals surface area contributed by atoms with Crippen molar-refractivity contribution < 1.29 is 19.8 Å². The zero-order valence-corrected chi connectivity index (χ0v) is 11.9. The maximum absolute atomic E-state index is 12.2. The maximum Gasteiger partial charge on any atom is 0.356 e. The third-order valence-electron chi connectivity index (χ3n) is 2.91. The topological polar surface area (TPSA) is 172 Å². The standard InChI is InChI=1S/C14H9N5O5/c15-6-8(13(21)19-2-1-10(17-19)14(22)23)3-7-4-9(16)12(18-24)11(20)5-7/h1-5,20H,16H2,(H,22,23)/b8-3+. The number of carbonyl (C=O) groups excluding carboxylic acids is 1. The lowest BCUT2D eigenvalue weighted by molar-refractivity contribution is 0.0689. The highest BCUT2D eigenvalue weighted by molar-refractivity contribution is 6.03. The summed E-state index contributed by atoms with van der Waals surface area (Å²) in [5.74, 6) is -2.70. The number of benzene rings is 1. The zero-order chi connectivity index (χ0) is 17.9. The third kappa shape index (κ3) is 3.09. The molecule has 0 aliphatic carbocycles. The van der Waals surface area contributed by atoms with Crippen molar-refractivity contribution >= 4 is 29.3 Å². The molecule has 0 bridgehead atoms. The predicted molar refractivity (Wildman–Crippen MR) is 81.4 cm³/mol. The van der Waals surface area contributed by atoms with Gasteiger partial charge in [-0.2, -0.15) is 10.4 Å². The number of allylic oxidation sites excluding steroid dienone is 1. The normalized spacial score (nSPS) is 10.9. The summed E-state index contributed by atoms with van der Waals surface area (Å²) < 4.78 is 0.697. The molecular weight excluding hydrogens is 318 g/mol. The van der Waals surface area contributed by atoms with Gasteiger partial charge in [0.15, 0.2) is 11.4 Å². The number of nitrogens with zero attached hydrogens (tertiary/aromatic N) is 4. The summed E-state index contributed by atoms with van der Waals surface area (Å²) >= 11 is 0. The molecule has 0 aliphatic rings. The summed E-state index contributed by atoms with van der Waals surface area (Å²) in [6.45, 7) is 0. The lowest BCUT2D eigenvalue weighted by Crippen LogP contribution is -2.14. The number of hydrogen-bond donors (Lipinski definition) is 3. The van der Waals surface area contributed by atoms with Gasteiger partial charge in [0.2, 0.25) is 0 Å². The van der Waals surface area contributed by atoms with Crippen LogP contribution >= 0.6 is 0 Å². The highest BCUT2D eigenvalue weighted by Crippen LogP contribution is 2.34. The van der Waals surface area contributed by atoms with Crippen molar-refractivity contribution in [3.05, 3.63) is 46.1 Å². The molecule has 0 fully saturated rings. The van der Waals surface area contributed by atoms with Crippen molar-refractivity contribution in [1.82, 2.24) is 9.78 Å². The fourth-order valence-corrected chi connectivity index (χ4v) is 1.83. The van der Waals surface area contributed by atoms with Crippen molar-refractivity contribution in [2.24, 2.45) is 5.18 Å². The second-order valence-corrected chi connectivity index (χ2v) is 4.49. The molecule has 2 aromatic rings. The maximum atomic E-state index is 12.2. The van der Waals surface area contributed by atoms with Crippen LogP contribution < -0.4 is 5.73 Å². The number of nitroso groups, excluding NO2 is 1. The van der Waals surface area contributed by atoms with Crippen LogP contribution in [0.15, 0.2) is 35.1 Å². The number of carboxylic acids is 1. The number of aromatic nitrogens is 2. The number of nitrogens with two attached hydrogens (primary N) is 1. The Morgan fingerprint density at radius 1 is 1.42 bits per heavy atom. The number of carbonyl (C=O) groups is 2. The fraction of sp³-hybridized carbons (Fsp3) is 0. The van der Waals surface area contributed by atoms with Crippen LogP contribution in [0.1, 0.15) is 20.8 Å². The molecule has 2 rings (SSSR count). The van der Waals surface area contributed by atoms with Gasteiger partial charge in [0.1, 0.15) is 17.4 Å². The van der Waals surface area contributed by atoms with E-state index in [9.17, 15) is 19.6 Å². The summed E-state index contributed by atoms with van der Waals surface area (Å²) in [5, 5.41) is 33.6. The minimum atomic E-state index is -1.32. The van der Waals surface area contributed by atoms with Gasteiger partial charge in [-0.15, -0.1) is 4.91 Å². The Balaban J connectivity index is 2.42. The molecule has 0 atom stereocenters. The Morgan fingerprint density at radius 2 is 2.12 bits per heavy atom. The molecule has 4 N–H and O–H groups in total. The minimum Gasteiger partial charge on any atom is -0.505 e. The molecule has 1 aromatic carbocycles. The van der Waals surface area contributed by atoms with E-state index in [1.165, 1.54) is 6.07 Å². The molecule has 10 nitrogen and oxygen atoms in total. The van der Waals surface area contributed by atoms with Gasteiger partial charge in [-0.3, -0.25) is 4.79 Å². The molecule has 0 saturated heterocycles. The quantitative estimate of drug-likeness (QED) is 0.328. The van der Waals surface area contributed by atoms with Gasteiger partial charge in [0.25, 0.3) is 5.91 Å². The third-order valence-corrected chi connectivity index (χ3v) is 2.91. The van der Waals surface area contributed by atoms with E-state index in [0.717, 1.165) is 24.4 Å². The van der Waals surface area contributed by atoms with Gasteiger partial charge in [-0.05, 0) is 35.0 Å². The number of anilines is 1. The molecule has 0 aliphatic heterocycles. The predicted octanol–water partition coefficient (Wildman–Crippen LogP) is 1.51. The van der Waals surface area contributed by atoms with Crippen molar-refractivity contribution in [2.75, 3.05) is 5.73 Å². The molecular formula is C14H9N5O5. The lowest BCUT2D eigenvalue weighted by Gasteiger charge is -2.04. The highest BCUT2D eigenvalue weighted by atomic mass is 16.4. The molecule has 0 radical (unpaired) electrons. The summed E-state index contributed by atoms with van der Waals surface area (Å²) in [6, 6.07) is 5.09. The van der Waals surface area contributed by atoms with Crippen LogP contribution in [0.3, 0.4) is 0 Å². The number of hydrogen-bond acceptors (Lipinski definition) is 8. The van der Waals surface area contributed by atoms with Gasteiger partial charge in [-0.25, -0.2) is 9.48 Å². The van der Waals surface area contributed by atoms with Gasteiger partial charge < -0.3 is 15.9 Å². The smallest absolute Gasteiger partial charge is 0.356 e. The van der Waals surface area contributed by atoms with Crippen molar-refractivity contribution in [2.45, 2.75) is 0 Å². The Hall–Kier alpha value is -4.00. The van der Waals surface area contributed by atoms with E-state index in [1.807, 2.05) is 0 Å². The van der Waals surface area contributed by atoms with Gasteiger partial charge in [-0.1, -0.05) is 0 Å². The van der Waals surface area contributed by atoms with E-state index in [4.69, 9.17) is 16.1 Å². The van der Waals surface area contributed by atoms with Crippen LogP contribution in [0.25, 0.3) is 6.08 Å². The number of nitriles is 1. The molecule has 1 aromatic heterocycles. The van der Waals surface area contributed by atoms with Gasteiger partial charge >= 0.3 is 5.97 Å². The summed E-state index contributed by atoms with van der Waals surface area (Å²) in [5.41, 5.74) is 4.49. The van der Waals surface area contributed by atoms with E-state index < -0.39 is 17.6 Å².